The van der Waals surface area contributed by atoms with Gasteiger partial charge in [-0.05, 0) is 33.6 Å². The SMILES string of the molecule is CC(C)(C)OC(=O)/C(C#N)=C1\CCC(C#N)N1. The highest BCUT2D eigenvalue weighted by atomic mass is 16.6. The Balaban J connectivity index is 2.87. The normalized spacial score (nSPS) is 22.1. The molecule has 1 N–H and O–H groups in total. The quantitative estimate of drug-likeness (QED) is 0.420. The molecule has 0 radical (unpaired) electrons. The average Bonchev–Trinajstić information content (AvgIpc) is 2.64. The van der Waals surface area contributed by atoms with Crippen LogP contribution in [0.2, 0.25) is 0 Å². The molecule has 5 nitrogen and oxygen atoms in total. The lowest BCUT2D eigenvalue weighted by Gasteiger charge is -2.19. The van der Waals surface area contributed by atoms with Crippen molar-refractivity contribution < 1.29 is 9.53 Å². The second-order valence-corrected chi connectivity index (χ2v) is 4.83. The van der Waals surface area contributed by atoms with Crippen LogP contribution in [0.25, 0.3) is 0 Å². The smallest absolute Gasteiger partial charge is 0.351 e. The van der Waals surface area contributed by atoms with E-state index in [1.807, 2.05) is 6.07 Å². The van der Waals surface area contributed by atoms with Crippen molar-refractivity contribution in [2.45, 2.75) is 45.3 Å². The summed E-state index contributed by atoms with van der Waals surface area (Å²) in [6.07, 6.45) is 1.14. The summed E-state index contributed by atoms with van der Waals surface area (Å²) in [4.78, 5) is 11.7. The summed E-state index contributed by atoms with van der Waals surface area (Å²) < 4.78 is 5.13. The third-order valence-electron chi connectivity index (χ3n) is 2.20. The molecule has 0 aromatic rings. The van der Waals surface area contributed by atoms with E-state index in [2.05, 4.69) is 11.4 Å². The molecule has 1 heterocycles. The summed E-state index contributed by atoms with van der Waals surface area (Å²) >= 11 is 0. The van der Waals surface area contributed by atoms with Crippen molar-refractivity contribution in [1.82, 2.24) is 5.32 Å². The van der Waals surface area contributed by atoms with Crippen molar-refractivity contribution in [2.75, 3.05) is 0 Å². The summed E-state index contributed by atoms with van der Waals surface area (Å²) in [6.45, 7) is 5.22. The number of hydrogen-bond donors (Lipinski definition) is 1. The van der Waals surface area contributed by atoms with Crippen LogP contribution in [0, 0.1) is 22.7 Å². The molecule has 1 rings (SSSR count). The van der Waals surface area contributed by atoms with Crippen LogP contribution in [0.4, 0.5) is 0 Å². The Morgan fingerprint density at radius 1 is 1.47 bits per heavy atom. The second-order valence-electron chi connectivity index (χ2n) is 4.83. The van der Waals surface area contributed by atoms with E-state index in [-0.39, 0.29) is 11.6 Å². The molecular weight excluding hydrogens is 218 g/mol. The molecule has 1 unspecified atom stereocenters. The number of ether oxygens (including phenoxy) is 1. The maximum absolute atomic E-state index is 11.7. The fourth-order valence-corrected chi connectivity index (χ4v) is 1.50. The molecular formula is C12H15N3O2. The highest BCUT2D eigenvalue weighted by Crippen LogP contribution is 2.20. The van der Waals surface area contributed by atoms with Gasteiger partial charge in [-0.3, -0.25) is 0 Å². The van der Waals surface area contributed by atoms with Crippen LogP contribution in [0.5, 0.6) is 0 Å². The number of carbonyl (C=O) groups is 1. The summed E-state index contributed by atoms with van der Waals surface area (Å²) in [6, 6.07) is 3.57. The van der Waals surface area contributed by atoms with Crippen LogP contribution in [0.3, 0.4) is 0 Å². The van der Waals surface area contributed by atoms with Crippen molar-refractivity contribution >= 4 is 5.97 Å². The molecule has 0 aromatic heterocycles. The summed E-state index contributed by atoms with van der Waals surface area (Å²) in [5.74, 6) is -0.638. The predicted molar refractivity (Wildman–Crippen MR) is 60.3 cm³/mol. The lowest BCUT2D eigenvalue weighted by molar-refractivity contribution is -0.149. The number of allylic oxidation sites excluding steroid dienone is 1. The molecule has 0 aromatic carbocycles. The molecule has 1 atom stereocenters. The van der Waals surface area contributed by atoms with Gasteiger partial charge < -0.3 is 10.1 Å². The number of nitriles is 2. The van der Waals surface area contributed by atoms with Crippen molar-refractivity contribution in [3.8, 4) is 12.1 Å². The Bertz CT molecular complexity index is 432. The van der Waals surface area contributed by atoms with Gasteiger partial charge in [0.2, 0.25) is 0 Å². The van der Waals surface area contributed by atoms with Gasteiger partial charge in [0.25, 0.3) is 0 Å². The first-order valence-corrected chi connectivity index (χ1v) is 5.40. The molecule has 5 heteroatoms. The van der Waals surface area contributed by atoms with Crippen LogP contribution in [0.1, 0.15) is 33.6 Å². The Morgan fingerprint density at radius 3 is 2.53 bits per heavy atom. The minimum atomic E-state index is -0.638. The van der Waals surface area contributed by atoms with Gasteiger partial charge >= 0.3 is 5.97 Å². The number of hydrogen-bond acceptors (Lipinski definition) is 5. The van der Waals surface area contributed by atoms with Gasteiger partial charge in [0.05, 0.1) is 6.07 Å². The fourth-order valence-electron chi connectivity index (χ4n) is 1.50. The molecule has 0 aliphatic carbocycles. The first-order chi connectivity index (χ1) is 7.87. The lowest BCUT2D eigenvalue weighted by atomic mass is 10.1. The second kappa shape index (κ2) is 4.88. The standard InChI is InChI=1S/C12H15N3O2/c1-12(2,3)17-11(16)9(7-14)10-5-4-8(6-13)15-10/h8,15H,4-5H2,1-3H3/b10-9+. The van der Waals surface area contributed by atoms with Gasteiger partial charge in [-0.15, -0.1) is 0 Å². The third kappa shape index (κ3) is 3.49. The zero-order chi connectivity index (χ0) is 13.1. The van der Waals surface area contributed by atoms with Gasteiger partial charge in [0.15, 0.2) is 5.57 Å². The fraction of sp³-hybridized carbons (Fsp3) is 0.583. The van der Waals surface area contributed by atoms with Crippen molar-refractivity contribution in [3.05, 3.63) is 11.3 Å². The number of esters is 1. The molecule has 1 saturated heterocycles. The summed E-state index contributed by atoms with van der Waals surface area (Å²) in [5.41, 5.74) is -0.154. The van der Waals surface area contributed by atoms with Crippen LogP contribution in [-0.4, -0.2) is 17.6 Å². The molecule has 0 bridgehead atoms. The van der Waals surface area contributed by atoms with E-state index in [1.54, 1.807) is 20.8 Å². The highest BCUT2D eigenvalue weighted by molar-refractivity contribution is 5.93. The molecule has 90 valence electrons. The molecule has 0 saturated carbocycles. The molecule has 1 aliphatic heterocycles. The molecule has 1 fully saturated rings. The number of carbonyl (C=O) groups excluding carboxylic acids is 1. The topological polar surface area (TPSA) is 85.9 Å². The Kier molecular flexibility index (Phi) is 3.75. The van der Waals surface area contributed by atoms with Gasteiger partial charge in [-0.2, -0.15) is 10.5 Å². The maximum Gasteiger partial charge on any atom is 0.351 e. The van der Waals surface area contributed by atoms with Crippen molar-refractivity contribution in [1.29, 1.82) is 10.5 Å². The van der Waals surface area contributed by atoms with E-state index < -0.39 is 11.6 Å². The molecule has 1 aliphatic rings. The van der Waals surface area contributed by atoms with E-state index in [1.165, 1.54) is 0 Å². The van der Waals surface area contributed by atoms with Crippen molar-refractivity contribution in [2.24, 2.45) is 0 Å². The molecule has 17 heavy (non-hydrogen) atoms. The predicted octanol–water partition coefficient (Wildman–Crippen LogP) is 1.38. The average molecular weight is 233 g/mol. The van der Waals surface area contributed by atoms with E-state index in [9.17, 15) is 4.79 Å². The van der Waals surface area contributed by atoms with Crippen LogP contribution < -0.4 is 5.32 Å². The van der Waals surface area contributed by atoms with Crippen LogP contribution in [0.15, 0.2) is 11.3 Å². The first-order valence-electron chi connectivity index (χ1n) is 5.40. The van der Waals surface area contributed by atoms with E-state index >= 15 is 0 Å². The van der Waals surface area contributed by atoms with Gasteiger partial charge in [-0.1, -0.05) is 0 Å². The Morgan fingerprint density at radius 2 is 2.12 bits per heavy atom. The Labute approximate surface area is 101 Å². The number of rotatable bonds is 1. The van der Waals surface area contributed by atoms with Crippen LogP contribution >= 0.6 is 0 Å². The van der Waals surface area contributed by atoms with E-state index in [0.717, 1.165) is 0 Å². The molecule has 0 spiro atoms. The number of nitrogens with zero attached hydrogens (tertiary/aromatic N) is 2. The summed E-state index contributed by atoms with van der Waals surface area (Å²) in [5, 5.41) is 20.6. The maximum atomic E-state index is 11.7. The van der Waals surface area contributed by atoms with Gasteiger partial charge in [0, 0.05) is 5.70 Å². The van der Waals surface area contributed by atoms with Crippen LogP contribution in [-0.2, 0) is 9.53 Å². The highest BCUT2D eigenvalue weighted by Gasteiger charge is 2.27. The number of nitrogens with one attached hydrogen (secondary N) is 1. The lowest BCUT2D eigenvalue weighted by Crippen LogP contribution is -2.27. The van der Waals surface area contributed by atoms with E-state index in [0.29, 0.717) is 18.5 Å². The van der Waals surface area contributed by atoms with Gasteiger partial charge in [0.1, 0.15) is 17.7 Å². The summed E-state index contributed by atoms with van der Waals surface area (Å²) in [7, 11) is 0. The third-order valence-corrected chi connectivity index (χ3v) is 2.20. The van der Waals surface area contributed by atoms with Gasteiger partial charge in [-0.25, -0.2) is 4.79 Å². The minimum Gasteiger partial charge on any atom is -0.456 e. The first kappa shape index (κ1) is 13.1. The monoisotopic (exact) mass is 233 g/mol. The van der Waals surface area contributed by atoms with Crippen molar-refractivity contribution in [3.63, 3.8) is 0 Å². The Hall–Kier alpha value is -2.01. The molecule has 0 amide bonds. The minimum absolute atomic E-state index is 0.0299. The zero-order valence-corrected chi connectivity index (χ0v) is 10.2. The largest absolute Gasteiger partial charge is 0.456 e. The van der Waals surface area contributed by atoms with E-state index in [4.69, 9.17) is 15.3 Å². The zero-order valence-electron chi connectivity index (χ0n) is 10.2.